The van der Waals surface area contributed by atoms with E-state index in [9.17, 15) is 19.4 Å². The van der Waals surface area contributed by atoms with Crippen LogP contribution in [-0.2, 0) is 6.42 Å². The molecule has 0 radical (unpaired) electrons. The SMILES string of the molecule is CC.NC(=O)c1ccc2c(CC(O)CO)cn(-c3ccc(Oc4ccc(F)cc4)cc3)c2c1. The van der Waals surface area contributed by atoms with Crippen LogP contribution in [0.5, 0.6) is 11.5 Å². The number of benzene rings is 3. The van der Waals surface area contributed by atoms with Gasteiger partial charge in [0.25, 0.3) is 0 Å². The monoisotopic (exact) mass is 450 g/mol. The van der Waals surface area contributed by atoms with Crippen molar-refractivity contribution in [2.45, 2.75) is 26.4 Å². The van der Waals surface area contributed by atoms with Gasteiger partial charge >= 0.3 is 0 Å². The van der Waals surface area contributed by atoms with Gasteiger partial charge in [-0.3, -0.25) is 4.79 Å². The molecule has 1 aromatic heterocycles. The first-order valence-electron chi connectivity index (χ1n) is 10.7. The summed E-state index contributed by atoms with van der Waals surface area (Å²) in [6.07, 6.45) is 1.24. The molecule has 33 heavy (non-hydrogen) atoms. The second-order valence-electron chi connectivity index (χ2n) is 7.21. The minimum absolute atomic E-state index is 0.266. The number of nitrogens with two attached hydrogens (primary N) is 1. The van der Waals surface area contributed by atoms with Crippen LogP contribution in [0.25, 0.3) is 16.6 Å². The average Bonchev–Trinajstić information content (AvgIpc) is 3.19. The van der Waals surface area contributed by atoms with E-state index < -0.39 is 12.0 Å². The van der Waals surface area contributed by atoms with E-state index in [2.05, 4.69) is 0 Å². The molecule has 4 aromatic rings. The summed E-state index contributed by atoms with van der Waals surface area (Å²) in [5, 5.41) is 20.0. The number of hydrogen-bond acceptors (Lipinski definition) is 4. The van der Waals surface area contributed by atoms with E-state index in [4.69, 9.17) is 10.5 Å². The highest BCUT2D eigenvalue weighted by molar-refractivity contribution is 5.98. The molecule has 7 heteroatoms. The lowest BCUT2D eigenvalue weighted by atomic mass is 10.1. The number of primary amides is 1. The average molecular weight is 451 g/mol. The number of amides is 1. The first-order valence-corrected chi connectivity index (χ1v) is 10.7. The molecular formula is C26H27FN2O4. The minimum atomic E-state index is -0.888. The molecule has 0 fully saturated rings. The summed E-state index contributed by atoms with van der Waals surface area (Å²) in [5.41, 5.74) is 8.21. The number of aromatic nitrogens is 1. The molecule has 0 saturated heterocycles. The zero-order valence-corrected chi connectivity index (χ0v) is 18.5. The van der Waals surface area contributed by atoms with Crippen LogP contribution in [0.2, 0.25) is 0 Å². The zero-order valence-electron chi connectivity index (χ0n) is 18.5. The Kier molecular flexibility index (Phi) is 7.82. The Labute approximate surface area is 191 Å². The summed E-state index contributed by atoms with van der Waals surface area (Å²) in [6.45, 7) is 3.65. The fourth-order valence-electron chi connectivity index (χ4n) is 3.46. The molecule has 0 spiro atoms. The molecule has 4 rings (SSSR count). The van der Waals surface area contributed by atoms with Crippen molar-refractivity contribution in [3.05, 3.63) is 89.9 Å². The lowest BCUT2D eigenvalue weighted by molar-refractivity contribution is 0.0957. The second-order valence-corrected chi connectivity index (χ2v) is 7.21. The summed E-state index contributed by atoms with van der Waals surface area (Å²) in [4.78, 5) is 11.7. The summed E-state index contributed by atoms with van der Waals surface area (Å²) < 4.78 is 20.7. The Morgan fingerprint density at radius 2 is 1.64 bits per heavy atom. The number of nitrogens with zero attached hydrogens (tertiary/aromatic N) is 1. The summed E-state index contributed by atoms with van der Waals surface area (Å²) in [7, 11) is 0. The van der Waals surface area contributed by atoms with Crippen molar-refractivity contribution < 1.29 is 24.1 Å². The fraction of sp³-hybridized carbons (Fsp3) is 0.192. The molecule has 0 aliphatic rings. The smallest absolute Gasteiger partial charge is 0.248 e. The van der Waals surface area contributed by atoms with Crippen LogP contribution in [0, 0.1) is 5.82 Å². The Balaban J connectivity index is 0.00000149. The molecule has 1 heterocycles. The number of ether oxygens (including phenoxy) is 1. The first-order chi connectivity index (χ1) is 15.9. The van der Waals surface area contributed by atoms with Crippen molar-refractivity contribution in [2.24, 2.45) is 5.73 Å². The maximum Gasteiger partial charge on any atom is 0.248 e. The van der Waals surface area contributed by atoms with E-state index in [1.165, 1.54) is 12.1 Å². The molecule has 0 bridgehead atoms. The molecule has 172 valence electrons. The van der Waals surface area contributed by atoms with E-state index in [0.29, 0.717) is 17.1 Å². The van der Waals surface area contributed by atoms with Gasteiger partial charge in [-0.2, -0.15) is 0 Å². The number of carbonyl (C=O) groups excluding carboxylic acids is 1. The van der Waals surface area contributed by atoms with Crippen molar-refractivity contribution in [1.29, 1.82) is 0 Å². The van der Waals surface area contributed by atoms with Crippen LogP contribution < -0.4 is 10.5 Å². The molecule has 0 saturated carbocycles. The zero-order chi connectivity index (χ0) is 24.0. The number of halogens is 1. The molecule has 3 aromatic carbocycles. The molecule has 4 N–H and O–H groups in total. The van der Waals surface area contributed by atoms with Crippen molar-refractivity contribution in [3.63, 3.8) is 0 Å². The van der Waals surface area contributed by atoms with Gasteiger partial charge < -0.3 is 25.3 Å². The van der Waals surface area contributed by atoms with Crippen LogP contribution in [0.3, 0.4) is 0 Å². The van der Waals surface area contributed by atoms with Gasteiger partial charge in [-0.25, -0.2) is 4.39 Å². The number of aliphatic hydroxyl groups excluding tert-OH is 2. The Morgan fingerprint density at radius 3 is 2.21 bits per heavy atom. The summed E-state index contributed by atoms with van der Waals surface area (Å²) in [6, 6.07) is 18.1. The van der Waals surface area contributed by atoms with Crippen LogP contribution in [0.4, 0.5) is 4.39 Å². The van der Waals surface area contributed by atoms with E-state index in [1.807, 2.05) is 36.7 Å². The lowest BCUT2D eigenvalue weighted by Gasteiger charge is -2.09. The molecule has 1 amide bonds. The molecule has 1 atom stereocenters. The highest BCUT2D eigenvalue weighted by Crippen LogP contribution is 2.29. The third kappa shape index (κ3) is 5.58. The largest absolute Gasteiger partial charge is 0.457 e. The van der Waals surface area contributed by atoms with Gasteiger partial charge in [0.2, 0.25) is 5.91 Å². The number of aliphatic hydroxyl groups is 2. The molecule has 0 aliphatic heterocycles. The summed E-state index contributed by atoms with van der Waals surface area (Å²) in [5.74, 6) is 0.238. The highest BCUT2D eigenvalue weighted by atomic mass is 19.1. The Hall–Kier alpha value is -3.68. The van der Waals surface area contributed by atoms with Crippen molar-refractivity contribution in [1.82, 2.24) is 4.57 Å². The van der Waals surface area contributed by atoms with Crippen molar-refractivity contribution >= 4 is 16.8 Å². The molecule has 0 aliphatic carbocycles. The quantitative estimate of drug-likeness (QED) is 0.384. The van der Waals surface area contributed by atoms with Gasteiger partial charge in [-0.15, -0.1) is 0 Å². The van der Waals surface area contributed by atoms with Crippen molar-refractivity contribution in [3.8, 4) is 17.2 Å². The third-order valence-corrected chi connectivity index (χ3v) is 5.00. The number of rotatable bonds is 7. The molecule has 1 unspecified atom stereocenters. The number of fused-ring (bicyclic) bond motifs is 1. The lowest BCUT2D eigenvalue weighted by Crippen LogP contribution is -2.14. The Morgan fingerprint density at radius 1 is 1.03 bits per heavy atom. The number of hydrogen-bond donors (Lipinski definition) is 3. The predicted octanol–water partition coefficient (Wildman–Crippen LogP) is 4.58. The van der Waals surface area contributed by atoms with E-state index in [-0.39, 0.29) is 18.8 Å². The predicted molar refractivity (Wildman–Crippen MR) is 126 cm³/mol. The maximum atomic E-state index is 13.1. The van der Waals surface area contributed by atoms with Gasteiger partial charge in [0.1, 0.15) is 17.3 Å². The molecular weight excluding hydrogens is 423 g/mol. The van der Waals surface area contributed by atoms with Gasteiger partial charge in [-0.05, 0) is 66.2 Å². The fourth-order valence-corrected chi connectivity index (χ4v) is 3.46. The van der Waals surface area contributed by atoms with Crippen LogP contribution in [-0.4, -0.2) is 33.4 Å². The van der Waals surface area contributed by atoms with Gasteiger partial charge in [0, 0.05) is 29.3 Å². The van der Waals surface area contributed by atoms with E-state index in [1.54, 1.807) is 42.5 Å². The first kappa shape index (κ1) is 24.0. The van der Waals surface area contributed by atoms with E-state index >= 15 is 0 Å². The standard InChI is InChI=1S/C24H21FN2O4.C2H6/c25-17-2-6-20(7-3-17)31-21-8-4-18(5-9-21)27-13-16(11-19(29)14-28)22-10-1-15(24(26)30)12-23(22)27;1-2/h1-10,12-13,19,28-29H,11,14H2,(H2,26,30);1-2H3. The topological polar surface area (TPSA) is 97.7 Å². The van der Waals surface area contributed by atoms with Crippen LogP contribution in [0.1, 0.15) is 29.8 Å². The van der Waals surface area contributed by atoms with Crippen LogP contribution in [0.15, 0.2) is 72.9 Å². The van der Waals surface area contributed by atoms with E-state index in [0.717, 1.165) is 22.2 Å². The highest BCUT2D eigenvalue weighted by Gasteiger charge is 2.15. The van der Waals surface area contributed by atoms with Crippen LogP contribution >= 0.6 is 0 Å². The van der Waals surface area contributed by atoms with Gasteiger partial charge in [-0.1, -0.05) is 19.9 Å². The van der Waals surface area contributed by atoms with Gasteiger partial charge in [0.05, 0.1) is 18.2 Å². The molecule has 6 nitrogen and oxygen atoms in total. The van der Waals surface area contributed by atoms with Crippen molar-refractivity contribution in [2.75, 3.05) is 6.61 Å². The number of carbonyl (C=O) groups is 1. The third-order valence-electron chi connectivity index (χ3n) is 5.00. The normalized spacial score (nSPS) is 11.5. The minimum Gasteiger partial charge on any atom is -0.457 e. The summed E-state index contributed by atoms with van der Waals surface area (Å²) >= 11 is 0. The maximum absolute atomic E-state index is 13.1. The Bertz CT molecular complexity index is 1220. The van der Waals surface area contributed by atoms with Gasteiger partial charge in [0.15, 0.2) is 0 Å². The second kappa shape index (κ2) is 10.8.